The first kappa shape index (κ1) is 15.3. The molecule has 120 valence electrons. The molecule has 3 rings (SSSR count). The van der Waals surface area contributed by atoms with Crippen LogP contribution in [0.3, 0.4) is 0 Å². The number of hydrogen-bond acceptors (Lipinski definition) is 4. The second-order valence-electron chi connectivity index (χ2n) is 5.71. The Labute approximate surface area is 136 Å². The van der Waals surface area contributed by atoms with Crippen molar-refractivity contribution in [1.29, 1.82) is 0 Å². The maximum atomic E-state index is 12.0. The van der Waals surface area contributed by atoms with Crippen LogP contribution in [-0.2, 0) is 6.42 Å². The van der Waals surface area contributed by atoms with E-state index in [0.717, 1.165) is 37.2 Å². The number of carbonyl (C=O) groups is 1. The number of pyridine rings is 1. The van der Waals surface area contributed by atoms with E-state index in [2.05, 4.69) is 21.7 Å². The first-order valence-electron chi connectivity index (χ1n) is 7.88. The molecule has 1 heterocycles. The Morgan fingerprint density at radius 1 is 1.30 bits per heavy atom. The van der Waals surface area contributed by atoms with E-state index < -0.39 is 0 Å². The third-order valence-corrected chi connectivity index (χ3v) is 3.78. The van der Waals surface area contributed by atoms with Crippen LogP contribution in [0.25, 0.3) is 0 Å². The lowest BCUT2D eigenvalue weighted by molar-refractivity contribution is 0.0946. The number of ether oxygens (including phenoxy) is 1. The van der Waals surface area contributed by atoms with Gasteiger partial charge in [-0.2, -0.15) is 0 Å². The first-order valence-corrected chi connectivity index (χ1v) is 7.88. The molecule has 0 unspecified atom stereocenters. The molecule has 1 saturated carbocycles. The molecule has 5 heteroatoms. The largest absolute Gasteiger partial charge is 0.497 e. The van der Waals surface area contributed by atoms with E-state index >= 15 is 0 Å². The van der Waals surface area contributed by atoms with Gasteiger partial charge < -0.3 is 15.4 Å². The van der Waals surface area contributed by atoms with Crippen molar-refractivity contribution in [3.63, 3.8) is 0 Å². The van der Waals surface area contributed by atoms with Crippen LogP contribution >= 0.6 is 0 Å². The average Bonchev–Trinajstić information content (AvgIpc) is 3.39. The number of nitrogens with zero attached hydrogens (tertiary/aromatic N) is 1. The molecule has 1 aliphatic rings. The highest BCUT2D eigenvalue weighted by Gasteiger charge is 2.24. The molecule has 5 nitrogen and oxygen atoms in total. The van der Waals surface area contributed by atoms with E-state index in [1.54, 1.807) is 19.4 Å². The minimum atomic E-state index is -0.0936. The SMILES string of the molecule is COc1cccc(CCNc2ccnc(C(=O)NC3CC3)c2)c1. The third kappa shape index (κ3) is 4.45. The van der Waals surface area contributed by atoms with E-state index in [1.165, 1.54) is 5.56 Å². The lowest BCUT2D eigenvalue weighted by atomic mass is 10.1. The molecular weight excluding hydrogens is 290 g/mol. The van der Waals surface area contributed by atoms with Crippen molar-refractivity contribution in [2.45, 2.75) is 25.3 Å². The monoisotopic (exact) mass is 311 g/mol. The second-order valence-corrected chi connectivity index (χ2v) is 5.71. The number of methoxy groups -OCH3 is 1. The molecule has 2 aromatic rings. The van der Waals surface area contributed by atoms with E-state index in [9.17, 15) is 4.79 Å². The Kier molecular flexibility index (Phi) is 4.76. The molecule has 23 heavy (non-hydrogen) atoms. The van der Waals surface area contributed by atoms with Crippen molar-refractivity contribution in [1.82, 2.24) is 10.3 Å². The molecule has 1 fully saturated rings. The van der Waals surface area contributed by atoms with Crippen LogP contribution in [0, 0.1) is 0 Å². The summed E-state index contributed by atoms with van der Waals surface area (Å²) >= 11 is 0. The van der Waals surface area contributed by atoms with Crippen molar-refractivity contribution in [2.75, 3.05) is 19.0 Å². The Balaban J connectivity index is 1.54. The van der Waals surface area contributed by atoms with Crippen LogP contribution in [0.2, 0.25) is 0 Å². The summed E-state index contributed by atoms with van der Waals surface area (Å²) in [6.45, 7) is 0.779. The van der Waals surface area contributed by atoms with Gasteiger partial charge in [0.2, 0.25) is 0 Å². The lowest BCUT2D eigenvalue weighted by Gasteiger charge is -2.09. The molecule has 0 bridgehead atoms. The van der Waals surface area contributed by atoms with Gasteiger partial charge in [0.15, 0.2) is 0 Å². The fourth-order valence-electron chi connectivity index (χ4n) is 2.33. The number of anilines is 1. The summed E-state index contributed by atoms with van der Waals surface area (Å²) < 4.78 is 5.23. The van der Waals surface area contributed by atoms with Gasteiger partial charge in [-0.25, -0.2) is 0 Å². The average molecular weight is 311 g/mol. The minimum Gasteiger partial charge on any atom is -0.497 e. The normalized spacial score (nSPS) is 13.4. The standard InChI is InChI=1S/C18H21N3O2/c1-23-16-4-2-3-13(11-16)7-9-19-15-8-10-20-17(12-15)18(22)21-14-5-6-14/h2-4,8,10-12,14H,5-7,9H2,1H3,(H,19,20)(H,21,22). The summed E-state index contributed by atoms with van der Waals surface area (Å²) in [4.78, 5) is 16.1. The highest BCUT2D eigenvalue weighted by atomic mass is 16.5. The Hall–Kier alpha value is -2.56. The summed E-state index contributed by atoms with van der Waals surface area (Å²) in [7, 11) is 1.67. The van der Waals surface area contributed by atoms with Crippen molar-refractivity contribution >= 4 is 11.6 Å². The number of nitrogens with one attached hydrogen (secondary N) is 2. The number of aromatic nitrogens is 1. The summed E-state index contributed by atoms with van der Waals surface area (Å²) in [6.07, 6.45) is 4.69. The summed E-state index contributed by atoms with van der Waals surface area (Å²) in [5, 5.41) is 6.28. The van der Waals surface area contributed by atoms with Crippen molar-refractivity contribution in [2.24, 2.45) is 0 Å². The van der Waals surface area contributed by atoms with Gasteiger partial charge in [0.25, 0.3) is 5.91 Å². The van der Waals surface area contributed by atoms with Gasteiger partial charge >= 0.3 is 0 Å². The summed E-state index contributed by atoms with van der Waals surface area (Å²) in [6, 6.07) is 12.0. The number of rotatable bonds is 7. The van der Waals surface area contributed by atoms with E-state index in [1.807, 2.05) is 24.3 Å². The van der Waals surface area contributed by atoms with Gasteiger partial charge in [-0.15, -0.1) is 0 Å². The second kappa shape index (κ2) is 7.13. The molecule has 0 atom stereocenters. The molecule has 0 aliphatic heterocycles. The van der Waals surface area contributed by atoms with Crippen LogP contribution in [0.15, 0.2) is 42.6 Å². The van der Waals surface area contributed by atoms with E-state index in [4.69, 9.17) is 4.74 Å². The Bertz CT molecular complexity index is 683. The number of amides is 1. The summed E-state index contributed by atoms with van der Waals surface area (Å²) in [5.74, 6) is 0.773. The maximum absolute atomic E-state index is 12.0. The number of hydrogen-bond donors (Lipinski definition) is 2. The molecule has 0 radical (unpaired) electrons. The Morgan fingerprint density at radius 2 is 2.17 bits per heavy atom. The van der Waals surface area contributed by atoms with Crippen molar-refractivity contribution in [3.8, 4) is 5.75 Å². The molecule has 0 spiro atoms. The predicted octanol–water partition coefficient (Wildman–Crippen LogP) is 2.64. The van der Waals surface area contributed by atoms with Crippen LogP contribution in [0.5, 0.6) is 5.75 Å². The zero-order valence-electron chi connectivity index (χ0n) is 13.2. The van der Waals surface area contributed by atoms with Crippen LogP contribution in [-0.4, -0.2) is 30.6 Å². The van der Waals surface area contributed by atoms with Gasteiger partial charge in [-0.05, 0) is 49.1 Å². The molecule has 1 amide bonds. The van der Waals surface area contributed by atoms with Crippen LogP contribution in [0.1, 0.15) is 28.9 Å². The van der Waals surface area contributed by atoms with Crippen LogP contribution < -0.4 is 15.4 Å². The van der Waals surface area contributed by atoms with Gasteiger partial charge in [0.1, 0.15) is 11.4 Å². The third-order valence-electron chi connectivity index (χ3n) is 3.78. The molecule has 1 aliphatic carbocycles. The zero-order chi connectivity index (χ0) is 16.1. The predicted molar refractivity (Wildman–Crippen MR) is 89.9 cm³/mol. The fraction of sp³-hybridized carbons (Fsp3) is 0.333. The van der Waals surface area contributed by atoms with Gasteiger partial charge in [0, 0.05) is 24.5 Å². The summed E-state index contributed by atoms with van der Waals surface area (Å²) in [5.41, 5.74) is 2.57. The quantitative estimate of drug-likeness (QED) is 0.825. The molecule has 1 aromatic carbocycles. The molecule has 2 N–H and O–H groups in total. The highest BCUT2D eigenvalue weighted by Crippen LogP contribution is 2.19. The topological polar surface area (TPSA) is 63.2 Å². The minimum absolute atomic E-state index is 0.0936. The van der Waals surface area contributed by atoms with Crippen molar-refractivity contribution in [3.05, 3.63) is 53.9 Å². The number of carbonyl (C=O) groups excluding carboxylic acids is 1. The molecular formula is C18H21N3O2. The van der Waals surface area contributed by atoms with E-state index in [0.29, 0.717) is 11.7 Å². The number of benzene rings is 1. The van der Waals surface area contributed by atoms with Crippen molar-refractivity contribution < 1.29 is 9.53 Å². The smallest absolute Gasteiger partial charge is 0.270 e. The zero-order valence-corrected chi connectivity index (χ0v) is 13.2. The maximum Gasteiger partial charge on any atom is 0.270 e. The Morgan fingerprint density at radius 3 is 2.96 bits per heavy atom. The molecule has 1 aromatic heterocycles. The lowest BCUT2D eigenvalue weighted by Crippen LogP contribution is -2.26. The van der Waals surface area contributed by atoms with Crippen LogP contribution in [0.4, 0.5) is 5.69 Å². The highest BCUT2D eigenvalue weighted by molar-refractivity contribution is 5.93. The van der Waals surface area contributed by atoms with Gasteiger partial charge in [-0.3, -0.25) is 9.78 Å². The van der Waals surface area contributed by atoms with E-state index in [-0.39, 0.29) is 5.91 Å². The van der Waals surface area contributed by atoms with Gasteiger partial charge in [0.05, 0.1) is 7.11 Å². The first-order chi connectivity index (χ1) is 11.2. The fourth-order valence-corrected chi connectivity index (χ4v) is 2.33. The molecule has 0 saturated heterocycles. The van der Waals surface area contributed by atoms with Gasteiger partial charge in [-0.1, -0.05) is 12.1 Å².